The van der Waals surface area contributed by atoms with Crippen LogP contribution >= 0.6 is 0 Å². The van der Waals surface area contributed by atoms with Crippen LogP contribution in [0.3, 0.4) is 0 Å². The number of rotatable bonds is 6. The molecule has 4 heteroatoms. The Kier molecular flexibility index (Phi) is 5.07. The maximum Gasteiger partial charge on any atom is 0.217 e. The van der Waals surface area contributed by atoms with Gasteiger partial charge in [-0.05, 0) is 12.5 Å². The second kappa shape index (κ2) is 7.01. The summed E-state index contributed by atoms with van der Waals surface area (Å²) in [6, 6.07) is 10.1. The zero-order valence-corrected chi connectivity index (χ0v) is 12.2. The minimum atomic E-state index is 0.469. The molecule has 2 aromatic rings. The molecule has 0 amide bonds. The molecule has 0 saturated heterocycles. The molecular formula is C16H20N2O2. The first-order valence-electron chi connectivity index (χ1n) is 6.75. The summed E-state index contributed by atoms with van der Waals surface area (Å²) in [6.45, 7) is 5.07. The molecule has 0 spiro atoms. The van der Waals surface area contributed by atoms with Crippen molar-refractivity contribution in [2.24, 2.45) is 0 Å². The molecule has 0 radical (unpaired) electrons. The highest BCUT2D eigenvalue weighted by Crippen LogP contribution is 2.13. The van der Waals surface area contributed by atoms with E-state index >= 15 is 0 Å². The summed E-state index contributed by atoms with van der Waals surface area (Å²) in [5.74, 6) is 1.38. The number of methoxy groups -OCH3 is 1. The molecule has 0 N–H and O–H groups in total. The summed E-state index contributed by atoms with van der Waals surface area (Å²) >= 11 is 0. The van der Waals surface area contributed by atoms with E-state index in [0.717, 1.165) is 23.5 Å². The largest absolute Gasteiger partial charge is 0.473 e. The third-order valence-electron chi connectivity index (χ3n) is 2.92. The molecule has 0 bridgehead atoms. The van der Waals surface area contributed by atoms with E-state index in [0.29, 0.717) is 19.1 Å². The normalized spacial score (nSPS) is 10.6. The van der Waals surface area contributed by atoms with Crippen molar-refractivity contribution < 1.29 is 9.47 Å². The number of hydrogen-bond acceptors (Lipinski definition) is 4. The SMILES string of the molecule is CCc1nc(COC)cc(OCc2ccc(C)cc2)n1. The highest BCUT2D eigenvalue weighted by molar-refractivity contribution is 5.22. The van der Waals surface area contributed by atoms with E-state index in [1.807, 2.05) is 13.0 Å². The van der Waals surface area contributed by atoms with Crippen LogP contribution in [0.5, 0.6) is 5.88 Å². The van der Waals surface area contributed by atoms with Crippen molar-refractivity contribution in [1.29, 1.82) is 0 Å². The standard InChI is InChI=1S/C16H20N2O2/c1-4-15-17-14(11-19-3)9-16(18-15)20-10-13-7-5-12(2)6-8-13/h5-9H,4,10-11H2,1-3H3. The second-order valence-electron chi connectivity index (χ2n) is 4.67. The van der Waals surface area contributed by atoms with E-state index < -0.39 is 0 Å². The summed E-state index contributed by atoms with van der Waals surface area (Å²) in [7, 11) is 1.65. The molecule has 0 aliphatic heterocycles. The highest BCUT2D eigenvalue weighted by Gasteiger charge is 2.05. The summed E-state index contributed by atoms with van der Waals surface area (Å²) in [4.78, 5) is 8.77. The monoisotopic (exact) mass is 272 g/mol. The summed E-state index contributed by atoms with van der Waals surface area (Å²) < 4.78 is 10.9. The molecule has 0 aliphatic carbocycles. The molecular weight excluding hydrogens is 252 g/mol. The topological polar surface area (TPSA) is 44.2 Å². The molecule has 0 atom stereocenters. The van der Waals surface area contributed by atoms with Crippen LogP contribution in [0.4, 0.5) is 0 Å². The van der Waals surface area contributed by atoms with Crippen LogP contribution in [0.25, 0.3) is 0 Å². The van der Waals surface area contributed by atoms with E-state index in [9.17, 15) is 0 Å². The molecule has 0 aliphatic rings. The number of ether oxygens (including phenoxy) is 2. The van der Waals surface area contributed by atoms with E-state index in [-0.39, 0.29) is 0 Å². The molecule has 106 valence electrons. The average molecular weight is 272 g/mol. The van der Waals surface area contributed by atoms with Crippen molar-refractivity contribution in [2.45, 2.75) is 33.5 Å². The van der Waals surface area contributed by atoms with Crippen LogP contribution in [0, 0.1) is 6.92 Å². The minimum absolute atomic E-state index is 0.469. The zero-order valence-electron chi connectivity index (χ0n) is 12.2. The molecule has 0 unspecified atom stereocenters. The Morgan fingerprint density at radius 2 is 1.80 bits per heavy atom. The zero-order chi connectivity index (χ0) is 14.4. The molecule has 2 rings (SSSR count). The fraction of sp³-hybridized carbons (Fsp3) is 0.375. The van der Waals surface area contributed by atoms with Gasteiger partial charge in [0, 0.05) is 19.6 Å². The molecule has 1 aromatic heterocycles. The lowest BCUT2D eigenvalue weighted by Gasteiger charge is -2.09. The smallest absolute Gasteiger partial charge is 0.217 e. The van der Waals surface area contributed by atoms with E-state index in [2.05, 4.69) is 41.2 Å². The number of aromatic nitrogens is 2. The molecule has 0 saturated carbocycles. The van der Waals surface area contributed by atoms with Gasteiger partial charge in [-0.3, -0.25) is 0 Å². The lowest BCUT2D eigenvalue weighted by molar-refractivity contribution is 0.180. The maximum absolute atomic E-state index is 5.75. The average Bonchev–Trinajstić information content (AvgIpc) is 2.47. The Morgan fingerprint density at radius 3 is 2.45 bits per heavy atom. The van der Waals surface area contributed by atoms with Crippen LogP contribution in [0.15, 0.2) is 30.3 Å². The van der Waals surface area contributed by atoms with Crippen LogP contribution in [-0.2, 0) is 24.4 Å². The molecule has 1 heterocycles. The maximum atomic E-state index is 5.75. The molecule has 0 fully saturated rings. The minimum Gasteiger partial charge on any atom is -0.473 e. The lowest BCUT2D eigenvalue weighted by atomic mass is 10.2. The Morgan fingerprint density at radius 1 is 1.05 bits per heavy atom. The third-order valence-corrected chi connectivity index (χ3v) is 2.92. The van der Waals surface area contributed by atoms with Crippen molar-refractivity contribution in [2.75, 3.05) is 7.11 Å². The molecule has 1 aromatic carbocycles. The van der Waals surface area contributed by atoms with Crippen molar-refractivity contribution in [3.05, 3.63) is 53.0 Å². The van der Waals surface area contributed by atoms with Crippen molar-refractivity contribution in [3.63, 3.8) is 0 Å². The van der Waals surface area contributed by atoms with Crippen LogP contribution in [0.2, 0.25) is 0 Å². The second-order valence-corrected chi connectivity index (χ2v) is 4.67. The Hall–Kier alpha value is -1.94. The Labute approximate surface area is 119 Å². The van der Waals surface area contributed by atoms with Gasteiger partial charge in [-0.2, -0.15) is 4.98 Å². The van der Waals surface area contributed by atoms with Gasteiger partial charge in [-0.25, -0.2) is 4.98 Å². The summed E-state index contributed by atoms with van der Waals surface area (Å²) in [5.41, 5.74) is 3.21. The fourth-order valence-electron chi connectivity index (χ4n) is 1.82. The third kappa shape index (κ3) is 4.03. The van der Waals surface area contributed by atoms with E-state index in [1.165, 1.54) is 5.56 Å². The van der Waals surface area contributed by atoms with Crippen molar-refractivity contribution >= 4 is 0 Å². The highest BCUT2D eigenvalue weighted by atomic mass is 16.5. The van der Waals surface area contributed by atoms with Gasteiger partial charge in [0.2, 0.25) is 5.88 Å². The Balaban J connectivity index is 2.07. The predicted molar refractivity (Wildman–Crippen MR) is 77.6 cm³/mol. The van der Waals surface area contributed by atoms with Gasteiger partial charge in [-0.15, -0.1) is 0 Å². The fourth-order valence-corrected chi connectivity index (χ4v) is 1.82. The van der Waals surface area contributed by atoms with Gasteiger partial charge in [0.15, 0.2) is 0 Å². The van der Waals surface area contributed by atoms with Gasteiger partial charge in [0.25, 0.3) is 0 Å². The predicted octanol–water partition coefficient (Wildman–Crippen LogP) is 3.07. The van der Waals surface area contributed by atoms with Gasteiger partial charge in [0.1, 0.15) is 12.4 Å². The van der Waals surface area contributed by atoms with Gasteiger partial charge >= 0.3 is 0 Å². The molecule has 20 heavy (non-hydrogen) atoms. The van der Waals surface area contributed by atoms with E-state index in [4.69, 9.17) is 9.47 Å². The van der Waals surface area contributed by atoms with Gasteiger partial charge < -0.3 is 9.47 Å². The van der Waals surface area contributed by atoms with Crippen LogP contribution in [-0.4, -0.2) is 17.1 Å². The lowest BCUT2D eigenvalue weighted by Crippen LogP contribution is -2.04. The van der Waals surface area contributed by atoms with Gasteiger partial charge in [-0.1, -0.05) is 36.8 Å². The summed E-state index contributed by atoms with van der Waals surface area (Å²) in [6.07, 6.45) is 0.776. The number of benzene rings is 1. The number of hydrogen-bond donors (Lipinski definition) is 0. The number of aryl methyl sites for hydroxylation is 2. The first-order chi connectivity index (χ1) is 9.71. The summed E-state index contributed by atoms with van der Waals surface area (Å²) in [5, 5.41) is 0. The first kappa shape index (κ1) is 14.5. The van der Waals surface area contributed by atoms with Crippen LogP contribution < -0.4 is 4.74 Å². The quantitative estimate of drug-likeness (QED) is 0.810. The van der Waals surface area contributed by atoms with E-state index in [1.54, 1.807) is 7.11 Å². The van der Waals surface area contributed by atoms with Crippen molar-refractivity contribution in [3.8, 4) is 5.88 Å². The Bertz CT molecular complexity index is 553. The van der Waals surface area contributed by atoms with Gasteiger partial charge in [0.05, 0.1) is 12.3 Å². The first-order valence-corrected chi connectivity index (χ1v) is 6.75. The van der Waals surface area contributed by atoms with Crippen molar-refractivity contribution in [1.82, 2.24) is 9.97 Å². The van der Waals surface area contributed by atoms with Crippen LogP contribution in [0.1, 0.15) is 29.6 Å². The molecule has 4 nitrogen and oxygen atoms in total. The number of nitrogens with zero attached hydrogens (tertiary/aromatic N) is 2.